The molecule has 2 aromatic carbocycles. The van der Waals surface area contributed by atoms with E-state index in [2.05, 4.69) is 15.4 Å². The summed E-state index contributed by atoms with van der Waals surface area (Å²) in [6.07, 6.45) is 0.0873. The Kier molecular flexibility index (Phi) is 7.50. The smallest absolute Gasteiger partial charge is 0.252 e. The average Bonchev–Trinajstić information content (AvgIpc) is 2.67. The zero-order chi connectivity index (χ0) is 20.7. The van der Waals surface area contributed by atoms with E-state index in [0.29, 0.717) is 5.56 Å². The van der Waals surface area contributed by atoms with Crippen LogP contribution in [0.4, 0.5) is 4.39 Å². The topological polar surface area (TPSA) is 104 Å². The van der Waals surface area contributed by atoms with Crippen molar-refractivity contribution < 1.29 is 22.4 Å². The summed E-state index contributed by atoms with van der Waals surface area (Å²) in [4.78, 5) is 24.0. The van der Waals surface area contributed by atoms with Gasteiger partial charge in [-0.15, -0.1) is 0 Å². The minimum absolute atomic E-state index is 0.00984. The Bertz CT molecular complexity index is 965. The molecule has 2 rings (SSSR count). The summed E-state index contributed by atoms with van der Waals surface area (Å²) in [5.41, 5.74) is 0.674. The maximum atomic E-state index is 12.8. The molecule has 3 N–H and O–H groups in total. The number of carbonyl (C=O) groups excluding carboxylic acids is 2. The van der Waals surface area contributed by atoms with Crippen LogP contribution in [0.1, 0.15) is 15.9 Å². The molecule has 150 valence electrons. The lowest BCUT2D eigenvalue weighted by atomic mass is 10.1. The molecule has 0 aliphatic rings. The number of halogens is 2. The fourth-order valence-electron chi connectivity index (χ4n) is 2.29. The predicted octanol–water partition coefficient (Wildman–Crippen LogP) is 1.48. The van der Waals surface area contributed by atoms with Crippen molar-refractivity contribution in [2.75, 3.05) is 20.1 Å². The van der Waals surface area contributed by atoms with Crippen LogP contribution >= 0.6 is 11.6 Å². The minimum Gasteiger partial charge on any atom is -0.354 e. The maximum Gasteiger partial charge on any atom is 0.252 e. The van der Waals surface area contributed by atoms with Crippen LogP contribution in [0.2, 0.25) is 5.02 Å². The fourth-order valence-corrected chi connectivity index (χ4v) is 3.25. The van der Waals surface area contributed by atoms with Gasteiger partial charge in [0.25, 0.3) is 5.91 Å². The molecule has 0 unspecified atom stereocenters. The zero-order valence-electron chi connectivity index (χ0n) is 15.0. The van der Waals surface area contributed by atoms with Gasteiger partial charge in [-0.2, -0.15) is 0 Å². The molecular formula is C18H19ClFN3O4S. The quantitative estimate of drug-likeness (QED) is 0.555. The Hall–Kier alpha value is -2.49. The van der Waals surface area contributed by atoms with Gasteiger partial charge >= 0.3 is 0 Å². The van der Waals surface area contributed by atoms with Crippen molar-refractivity contribution in [3.05, 3.63) is 64.4 Å². The largest absolute Gasteiger partial charge is 0.354 e. The lowest BCUT2D eigenvalue weighted by Crippen LogP contribution is -2.35. The molecule has 0 aromatic heterocycles. The van der Waals surface area contributed by atoms with Crippen LogP contribution in [-0.2, 0) is 21.2 Å². The molecule has 0 aliphatic carbocycles. The number of rotatable bonds is 8. The van der Waals surface area contributed by atoms with Crippen LogP contribution in [0.5, 0.6) is 0 Å². The van der Waals surface area contributed by atoms with Gasteiger partial charge in [0, 0.05) is 13.1 Å². The summed E-state index contributed by atoms with van der Waals surface area (Å²) < 4.78 is 38.7. The van der Waals surface area contributed by atoms with Gasteiger partial charge in [0.15, 0.2) is 0 Å². The zero-order valence-corrected chi connectivity index (χ0v) is 16.5. The summed E-state index contributed by atoms with van der Waals surface area (Å²) in [6, 6.07) is 9.38. The number of sulfonamides is 1. The second-order valence-corrected chi connectivity index (χ2v) is 8.05. The van der Waals surface area contributed by atoms with E-state index in [0.717, 1.165) is 0 Å². The highest BCUT2D eigenvalue weighted by Crippen LogP contribution is 2.20. The van der Waals surface area contributed by atoms with Gasteiger partial charge in [-0.25, -0.2) is 17.5 Å². The van der Waals surface area contributed by atoms with Gasteiger partial charge in [0.1, 0.15) is 5.82 Å². The van der Waals surface area contributed by atoms with Gasteiger partial charge < -0.3 is 10.6 Å². The summed E-state index contributed by atoms with van der Waals surface area (Å²) in [7, 11) is -2.45. The highest BCUT2D eigenvalue weighted by atomic mass is 35.5. The third kappa shape index (κ3) is 6.01. The second-order valence-electron chi connectivity index (χ2n) is 5.76. The lowest BCUT2D eigenvalue weighted by molar-refractivity contribution is -0.120. The van der Waals surface area contributed by atoms with E-state index < -0.39 is 15.9 Å². The summed E-state index contributed by atoms with van der Waals surface area (Å²) >= 11 is 5.98. The van der Waals surface area contributed by atoms with E-state index in [4.69, 9.17) is 11.6 Å². The molecule has 0 saturated carbocycles. The molecule has 0 fully saturated rings. The van der Waals surface area contributed by atoms with E-state index in [9.17, 15) is 22.4 Å². The van der Waals surface area contributed by atoms with Crippen LogP contribution in [0, 0.1) is 5.82 Å². The van der Waals surface area contributed by atoms with Crippen molar-refractivity contribution >= 4 is 33.4 Å². The average molecular weight is 428 g/mol. The molecule has 0 heterocycles. The normalized spacial score (nSPS) is 11.1. The third-order valence-electron chi connectivity index (χ3n) is 3.77. The first-order valence-corrected chi connectivity index (χ1v) is 10.1. The maximum absolute atomic E-state index is 12.8. The highest BCUT2D eigenvalue weighted by Gasteiger charge is 2.17. The molecule has 10 heteroatoms. The summed E-state index contributed by atoms with van der Waals surface area (Å²) in [5, 5.41) is 5.29. The van der Waals surface area contributed by atoms with Crippen molar-refractivity contribution in [1.29, 1.82) is 0 Å². The minimum atomic E-state index is -3.71. The third-order valence-corrected chi connectivity index (χ3v) is 5.51. The number of amides is 2. The highest BCUT2D eigenvalue weighted by molar-refractivity contribution is 7.89. The first kappa shape index (κ1) is 21.8. The number of hydrogen-bond donors (Lipinski definition) is 3. The van der Waals surface area contributed by atoms with Crippen LogP contribution in [0.15, 0.2) is 47.4 Å². The predicted molar refractivity (Wildman–Crippen MR) is 103 cm³/mol. The molecule has 2 aromatic rings. The van der Waals surface area contributed by atoms with Crippen molar-refractivity contribution in [3.63, 3.8) is 0 Å². The van der Waals surface area contributed by atoms with Crippen molar-refractivity contribution in [3.8, 4) is 0 Å². The van der Waals surface area contributed by atoms with Gasteiger partial charge in [-0.05, 0) is 42.9 Å². The molecule has 0 aliphatic heterocycles. The molecule has 0 saturated heterocycles. The number of hydrogen-bond acceptors (Lipinski definition) is 4. The standard InChI is InChI=1S/C18H19ClFN3O4S/c1-21-28(26,27)14-6-7-16(19)15(11-14)18(25)23-9-8-22-17(24)10-12-2-4-13(20)5-3-12/h2-7,11,21H,8-10H2,1H3,(H,22,24)(H,23,25). The molecule has 2 amide bonds. The van der Waals surface area contributed by atoms with Gasteiger partial charge in [-0.1, -0.05) is 23.7 Å². The SMILES string of the molecule is CNS(=O)(=O)c1ccc(Cl)c(C(=O)NCCNC(=O)Cc2ccc(F)cc2)c1. The molecule has 28 heavy (non-hydrogen) atoms. The lowest BCUT2D eigenvalue weighted by Gasteiger charge is -2.10. The van der Waals surface area contributed by atoms with E-state index in [-0.39, 0.29) is 46.7 Å². The van der Waals surface area contributed by atoms with E-state index in [1.54, 1.807) is 0 Å². The van der Waals surface area contributed by atoms with Crippen molar-refractivity contribution in [1.82, 2.24) is 15.4 Å². The molecule has 0 spiro atoms. The van der Waals surface area contributed by atoms with E-state index >= 15 is 0 Å². The van der Waals surface area contributed by atoms with Crippen LogP contribution in [0.3, 0.4) is 0 Å². The van der Waals surface area contributed by atoms with Crippen LogP contribution in [0.25, 0.3) is 0 Å². The first-order valence-electron chi connectivity index (χ1n) is 8.25. The Morgan fingerprint density at radius 1 is 1.04 bits per heavy atom. The molecule has 0 bridgehead atoms. The van der Waals surface area contributed by atoms with Crippen molar-refractivity contribution in [2.45, 2.75) is 11.3 Å². The van der Waals surface area contributed by atoms with Gasteiger partial charge in [0.05, 0.1) is 21.9 Å². The monoisotopic (exact) mass is 427 g/mol. The van der Waals surface area contributed by atoms with Crippen molar-refractivity contribution in [2.24, 2.45) is 0 Å². The fraction of sp³-hybridized carbons (Fsp3) is 0.222. The molecule has 0 atom stereocenters. The first-order chi connectivity index (χ1) is 13.2. The number of carbonyl (C=O) groups is 2. The van der Waals surface area contributed by atoms with Crippen LogP contribution < -0.4 is 15.4 Å². The van der Waals surface area contributed by atoms with Gasteiger partial charge in [0.2, 0.25) is 15.9 Å². The molecular weight excluding hydrogens is 409 g/mol. The van der Waals surface area contributed by atoms with E-state index in [1.165, 1.54) is 49.5 Å². The summed E-state index contributed by atoms with van der Waals surface area (Å²) in [5.74, 6) is -1.22. The number of benzene rings is 2. The second kappa shape index (κ2) is 9.63. The molecule has 0 radical (unpaired) electrons. The van der Waals surface area contributed by atoms with Crippen LogP contribution in [-0.4, -0.2) is 40.4 Å². The Morgan fingerprint density at radius 2 is 1.68 bits per heavy atom. The molecule has 7 nitrogen and oxygen atoms in total. The van der Waals surface area contributed by atoms with Gasteiger partial charge in [-0.3, -0.25) is 9.59 Å². The number of nitrogens with one attached hydrogen (secondary N) is 3. The Labute approximate surface area is 167 Å². The Morgan fingerprint density at radius 3 is 2.32 bits per heavy atom. The van der Waals surface area contributed by atoms with E-state index in [1.807, 2.05) is 0 Å². The summed E-state index contributed by atoms with van der Waals surface area (Å²) in [6.45, 7) is 0.283. The Balaban J connectivity index is 1.86.